The van der Waals surface area contributed by atoms with Crippen LogP contribution in [0.25, 0.3) is 11.3 Å². The molecule has 1 aromatic carbocycles. The number of hydrogen-bond acceptors (Lipinski definition) is 4. The Balaban J connectivity index is 2.82. The number of nitrogens with one attached hydrogen (secondary N) is 1. The van der Waals surface area contributed by atoms with Gasteiger partial charge in [-0.25, -0.2) is 9.89 Å². The Kier molecular flexibility index (Phi) is 2.89. The number of carbonyl (C=O) groups is 1. The summed E-state index contributed by atoms with van der Waals surface area (Å²) in [6.07, 6.45) is 0. The summed E-state index contributed by atoms with van der Waals surface area (Å²) in [5.74, 6) is -1.36. The highest BCUT2D eigenvalue weighted by Crippen LogP contribution is 2.21. The average molecular weight is 241 g/mol. The van der Waals surface area contributed by atoms with Gasteiger partial charge in [0.25, 0.3) is 5.56 Å². The molecule has 0 aliphatic heterocycles. The first-order valence-corrected chi connectivity index (χ1v) is 4.96. The Hall–Kier alpha value is -2.94. The number of aromatic amines is 1. The number of carboxylic acid groups (broad SMARTS) is 1. The Morgan fingerprint density at radius 2 is 2.00 bits per heavy atom. The lowest BCUT2D eigenvalue weighted by molar-refractivity contribution is 0.0696. The SMILES string of the molecule is N#Cc1c(C(=O)O)c(-c2ccccc2)n[nH]c1=O. The van der Waals surface area contributed by atoms with Crippen molar-refractivity contribution >= 4 is 5.97 Å². The summed E-state index contributed by atoms with van der Waals surface area (Å²) in [7, 11) is 0. The minimum atomic E-state index is -1.36. The molecule has 0 aliphatic rings. The van der Waals surface area contributed by atoms with Gasteiger partial charge in [-0.3, -0.25) is 4.79 Å². The van der Waals surface area contributed by atoms with Crippen LogP contribution >= 0.6 is 0 Å². The first-order valence-electron chi connectivity index (χ1n) is 4.96. The maximum atomic E-state index is 11.4. The van der Waals surface area contributed by atoms with Crippen LogP contribution in [0, 0.1) is 11.3 Å². The van der Waals surface area contributed by atoms with Crippen LogP contribution in [0.3, 0.4) is 0 Å². The second kappa shape index (κ2) is 4.51. The Bertz CT molecular complexity index is 699. The van der Waals surface area contributed by atoms with E-state index in [0.717, 1.165) is 0 Å². The van der Waals surface area contributed by atoms with Crippen molar-refractivity contribution in [2.45, 2.75) is 0 Å². The fourth-order valence-electron chi connectivity index (χ4n) is 1.57. The molecule has 0 spiro atoms. The maximum absolute atomic E-state index is 11.4. The van der Waals surface area contributed by atoms with Crippen LogP contribution in [0.4, 0.5) is 0 Å². The molecule has 1 aromatic heterocycles. The topological polar surface area (TPSA) is 107 Å². The van der Waals surface area contributed by atoms with Gasteiger partial charge in [0.05, 0.1) is 0 Å². The standard InChI is InChI=1S/C12H7N3O3/c13-6-8-9(12(17)18)10(14-15-11(8)16)7-4-2-1-3-5-7/h1-5H,(H,15,16)(H,17,18). The summed E-state index contributed by atoms with van der Waals surface area (Å²) in [4.78, 5) is 22.5. The molecule has 0 aliphatic carbocycles. The minimum Gasteiger partial charge on any atom is -0.478 e. The number of aromatic carboxylic acids is 1. The number of carboxylic acids is 1. The van der Waals surface area contributed by atoms with Gasteiger partial charge in [-0.15, -0.1) is 0 Å². The zero-order valence-electron chi connectivity index (χ0n) is 9.04. The van der Waals surface area contributed by atoms with E-state index in [0.29, 0.717) is 5.56 Å². The molecule has 2 aromatic rings. The third kappa shape index (κ3) is 1.85. The second-order valence-corrected chi connectivity index (χ2v) is 3.43. The summed E-state index contributed by atoms with van der Waals surface area (Å²) < 4.78 is 0. The van der Waals surface area contributed by atoms with E-state index in [1.54, 1.807) is 36.4 Å². The molecule has 2 N–H and O–H groups in total. The van der Waals surface area contributed by atoms with E-state index >= 15 is 0 Å². The van der Waals surface area contributed by atoms with Gasteiger partial charge in [0.1, 0.15) is 22.9 Å². The van der Waals surface area contributed by atoms with Crippen LogP contribution in [-0.4, -0.2) is 21.3 Å². The largest absolute Gasteiger partial charge is 0.478 e. The smallest absolute Gasteiger partial charge is 0.339 e. The Labute approximate surface area is 101 Å². The highest BCUT2D eigenvalue weighted by atomic mass is 16.4. The zero-order valence-corrected chi connectivity index (χ0v) is 9.04. The lowest BCUT2D eigenvalue weighted by Crippen LogP contribution is -2.19. The Morgan fingerprint density at radius 1 is 1.33 bits per heavy atom. The summed E-state index contributed by atoms with van der Waals surface area (Å²) in [5.41, 5.74) is -1.06. The zero-order chi connectivity index (χ0) is 13.1. The van der Waals surface area contributed by atoms with Crippen molar-refractivity contribution < 1.29 is 9.90 Å². The minimum absolute atomic E-state index is 0.0688. The van der Waals surface area contributed by atoms with Crippen LogP contribution < -0.4 is 5.56 Å². The predicted molar refractivity (Wildman–Crippen MR) is 62.0 cm³/mol. The van der Waals surface area contributed by atoms with Crippen molar-refractivity contribution in [3.63, 3.8) is 0 Å². The van der Waals surface area contributed by atoms with E-state index in [1.807, 2.05) is 0 Å². The van der Waals surface area contributed by atoms with Crippen LogP contribution in [0.5, 0.6) is 0 Å². The number of hydrogen-bond donors (Lipinski definition) is 2. The Morgan fingerprint density at radius 3 is 2.56 bits per heavy atom. The van der Waals surface area contributed by atoms with E-state index in [4.69, 9.17) is 10.4 Å². The van der Waals surface area contributed by atoms with Crippen molar-refractivity contribution in [2.75, 3.05) is 0 Å². The van der Waals surface area contributed by atoms with Gasteiger partial charge in [-0.05, 0) is 0 Å². The number of aromatic nitrogens is 2. The van der Waals surface area contributed by atoms with Gasteiger partial charge in [-0.1, -0.05) is 30.3 Å². The molecule has 0 amide bonds. The van der Waals surface area contributed by atoms with Crippen LogP contribution in [0.1, 0.15) is 15.9 Å². The van der Waals surface area contributed by atoms with Gasteiger partial charge in [0.2, 0.25) is 0 Å². The molecule has 0 atom stereocenters. The summed E-state index contributed by atoms with van der Waals surface area (Å²) in [6, 6.07) is 10.1. The monoisotopic (exact) mass is 241 g/mol. The molecule has 0 fully saturated rings. The fourth-order valence-corrected chi connectivity index (χ4v) is 1.57. The molecule has 0 unspecified atom stereocenters. The first-order chi connectivity index (χ1) is 8.65. The lowest BCUT2D eigenvalue weighted by Gasteiger charge is -2.05. The van der Waals surface area contributed by atoms with E-state index < -0.39 is 17.1 Å². The summed E-state index contributed by atoms with van der Waals surface area (Å²) >= 11 is 0. The van der Waals surface area contributed by atoms with Gasteiger partial charge in [0.15, 0.2) is 0 Å². The molecular formula is C12H7N3O3. The first kappa shape index (κ1) is 11.5. The van der Waals surface area contributed by atoms with Gasteiger partial charge >= 0.3 is 5.97 Å². The van der Waals surface area contributed by atoms with Crippen molar-refractivity contribution in [3.05, 3.63) is 51.8 Å². The normalized spacial score (nSPS) is 9.72. The molecule has 0 bridgehead atoms. The molecule has 0 saturated carbocycles. The van der Waals surface area contributed by atoms with Gasteiger partial charge in [0, 0.05) is 5.56 Å². The third-order valence-electron chi connectivity index (χ3n) is 2.36. The number of rotatable bonds is 2. The molecule has 6 nitrogen and oxygen atoms in total. The fraction of sp³-hybridized carbons (Fsp3) is 0. The lowest BCUT2D eigenvalue weighted by atomic mass is 10.0. The number of H-pyrrole nitrogens is 1. The van der Waals surface area contributed by atoms with E-state index in [2.05, 4.69) is 10.2 Å². The predicted octanol–water partition coefficient (Wildman–Crippen LogP) is 1.01. The quantitative estimate of drug-likeness (QED) is 0.815. The average Bonchev–Trinajstić information content (AvgIpc) is 2.39. The number of benzene rings is 1. The molecule has 0 saturated heterocycles. The molecule has 18 heavy (non-hydrogen) atoms. The number of nitrogens with zero attached hydrogens (tertiary/aromatic N) is 2. The summed E-state index contributed by atoms with van der Waals surface area (Å²) in [5, 5.41) is 23.8. The van der Waals surface area contributed by atoms with E-state index in [-0.39, 0.29) is 11.3 Å². The van der Waals surface area contributed by atoms with Crippen molar-refractivity contribution in [2.24, 2.45) is 0 Å². The number of nitriles is 1. The molecule has 1 heterocycles. The molecule has 6 heteroatoms. The van der Waals surface area contributed by atoms with E-state index in [1.165, 1.54) is 0 Å². The van der Waals surface area contributed by atoms with E-state index in [9.17, 15) is 9.59 Å². The molecule has 2 rings (SSSR count). The van der Waals surface area contributed by atoms with Gasteiger partial charge < -0.3 is 5.11 Å². The summed E-state index contributed by atoms with van der Waals surface area (Å²) in [6.45, 7) is 0. The van der Waals surface area contributed by atoms with Crippen molar-refractivity contribution in [3.8, 4) is 17.3 Å². The highest BCUT2D eigenvalue weighted by molar-refractivity contribution is 5.97. The third-order valence-corrected chi connectivity index (χ3v) is 2.36. The molecule has 88 valence electrons. The van der Waals surface area contributed by atoms with Crippen molar-refractivity contribution in [1.29, 1.82) is 5.26 Å². The molecule has 0 radical (unpaired) electrons. The van der Waals surface area contributed by atoms with Crippen molar-refractivity contribution in [1.82, 2.24) is 10.2 Å². The van der Waals surface area contributed by atoms with Crippen LogP contribution in [0.2, 0.25) is 0 Å². The van der Waals surface area contributed by atoms with Crippen LogP contribution in [-0.2, 0) is 0 Å². The van der Waals surface area contributed by atoms with Gasteiger partial charge in [-0.2, -0.15) is 10.4 Å². The maximum Gasteiger partial charge on any atom is 0.339 e. The molecular weight excluding hydrogens is 234 g/mol. The second-order valence-electron chi connectivity index (χ2n) is 3.43. The van der Waals surface area contributed by atoms with Crippen LogP contribution in [0.15, 0.2) is 35.1 Å². The highest BCUT2D eigenvalue weighted by Gasteiger charge is 2.21.